The van der Waals surface area contributed by atoms with Crippen LogP contribution in [0.1, 0.15) is 22.2 Å². The molecule has 0 saturated carbocycles. The molecule has 2 aromatic heterocycles. The SMILES string of the molecule is CC1(c2cccc(-n3cnnn3)c2)NC(=O)N(CC(=O)c2cccs2)C1=O. The number of hydrogen-bond acceptors (Lipinski definition) is 7. The Bertz CT molecular complexity index is 1020. The molecule has 136 valence electrons. The number of ketones is 1. The Kier molecular flexibility index (Phi) is 4.04. The molecular weight excluding hydrogens is 368 g/mol. The molecule has 1 N–H and O–H groups in total. The van der Waals surface area contributed by atoms with Crippen LogP contribution in [0, 0.1) is 0 Å². The molecule has 4 rings (SSSR count). The average molecular weight is 382 g/mol. The molecule has 3 aromatic rings. The molecule has 10 heteroatoms. The van der Waals surface area contributed by atoms with Crippen LogP contribution in [0.15, 0.2) is 48.1 Å². The highest BCUT2D eigenvalue weighted by atomic mass is 32.1. The first-order valence-corrected chi connectivity index (χ1v) is 8.92. The van der Waals surface area contributed by atoms with Crippen molar-refractivity contribution in [3.63, 3.8) is 0 Å². The highest BCUT2D eigenvalue weighted by Crippen LogP contribution is 2.30. The lowest BCUT2D eigenvalue weighted by molar-refractivity contribution is -0.130. The lowest BCUT2D eigenvalue weighted by atomic mass is 9.91. The minimum absolute atomic E-state index is 0.278. The number of tetrazole rings is 1. The topological polar surface area (TPSA) is 110 Å². The first-order chi connectivity index (χ1) is 13.0. The number of carbonyl (C=O) groups is 3. The third kappa shape index (κ3) is 2.89. The van der Waals surface area contributed by atoms with Crippen LogP contribution in [-0.2, 0) is 10.3 Å². The van der Waals surface area contributed by atoms with Crippen molar-refractivity contribution in [3.8, 4) is 5.69 Å². The van der Waals surface area contributed by atoms with Gasteiger partial charge in [0.25, 0.3) is 5.91 Å². The highest BCUT2D eigenvalue weighted by molar-refractivity contribution is 7.12. The van der Waals surface area contributed by atoms with Crippen LogP contribution in [0.2, 0.25) is 0 Å². The molecule has 1 aliphatic heterocycles. The second kappa shape index (κ2) is 6.40. The molecular formula is C17H14N6O3S. The molecule has 0 aliphatic carbocycles. The number of rotatable bonds is 5. The lowest BCUT2D eigenvalue weighted by Crippen LogP contribution is -2.41. The van der Waals surface area contributed by atoms with E-state index in [1.165, 1.54) is 22.3 Å². The van der Waals surface area contributed by atoms with E-state index in [0.29, 0.717) is 16.1 Å². The van der Waals surface area contributed by atoms with Crippen LogP contribution in [-0.4, -0.2) is 49.4 Å². The van der Waals surface area contributed by atoms with E-state index in [9.17, 15) is 14.4 Å². The van der Waals surface area contributed by atoms with Gasteiger partial charge in [0, 0.05) is 0 Å². The van der Waals surface area contributed by atoms with E-state index in [4.69, 9.17) is 0 Å². The number of imide groups is 1. The third-order valence-corrected chi connectivity index (χ3v) is 5.32. The molecule has 3 amide bonds. The van der Waals surface area contributed by atoms with Gasteiger partial charge < -0.3 is 5.32 Å². The number of nitrogens with one attached hydrogen (secondary N) is 1. The van der Waals surface area contributed by atoms with Crippen molar-refractivity contribution in [3.05, 3.63) is 58.5 Å². The van der Waals surface area contributed by atoms with Crippen molar-refractivity contribution in [2.24, 2.45) is 0 Å². The zero-order valence-corrected chi connectivity index (χ0v) is 15.0. The van der Waals surface area contributed by atoms with Crippen LogP contribution in [0.25, 0.3) is 5.69 Å². The average Bonchev–Trinajstić information content (AvgIpc) is 3.41. The molecule has 0 radical (unpaired) electrons. The number of hydrogen-bond donors (Lipinski definition) is 1. The van der Waals surface area contributed by atoms with E-state index < -0.39 is 17.5 Å². The third-order valence-electron chi connectivity index (χ3n) is 4.41. The Morgan fingerprint density at radius 1 is 1.26 bits per heavy atom. The summed E-state index contributed by atoms with van der Waals surface area (Å²) in [6.07, 6.45) is 1.43. The van der Waals surface area contributed by atoms with Crippen molar-refractivity contribution in [1.29, 1.82) is 0 Å². The van der Waals surface area contributed by atoms with Gasteiger partial charge in [-0.25, -0.2) is 9.48 Å². The first kappa shape index (κ1) is 17.0. The fraction of sp³-hybridized carbons (Fsp3) is 0.176. The molecule has 0 bridgehead atoms. The zero-order valence-electron chi connectivity index (χ0n) is 14.2. The summed E-state index contributed by atoms with van der Waals surface area (Å²) in [4.78, 5) is 39.2. The van der Waals surface area contributed by atoms with Crippen LogP contribution < -0.4 is 5.32 Å². The predicted molar refractivity (Wildman–Crippen MR) is 95.4 cm³/mol. The number of benzene rings is 1. The molecule has 0 spiro atoms. The first-order valence-electron chi connectivity index (χ1n) is 8.04. The Balaban J connectivity index is 1.62. The number of aromatic nitrogens is 4. The Labute approximate surface area is 157 Å². The summed E-state index contributed by atoms with van der Waals surface area (Å²) in [6, 6.07) is 9.80. The summed E-state index contributed by atoms with van der Waals surface area (Å²) in [6.45, 7) is 1.31. The molecule has 1 fully saturated rings. The number of urea groups is 1. The largest absolute Gasteiger partial charge is 0.325 e. The molecule has 1 aliphatic rings. The molecule has 1 saturated heterocycles. The number of carbonyl (C=O) groups excluding carboxylic acids is 3. The van der Waals surface area contributed by atoms with Gasteiger partial charge in [-0.2, -0.15) is 0 Å². The van der Waals surface area contributed by atoms with Gasteiger partial charge in [0.1, 0.15) is 11.9 Å². The van der Waals surface area contributed by atoms with Crippen molar-refractivity contribution >= 4 is 29.1 Å². The fourth-order valence-corrected chi connectivity index (χ4v) is 3.59. The molecule has 1 atom stereocenters. The van der Waals surface area contributed by atoms with Crippen LogP contribution >= 0.6 is 11.3 Å². The lowest BCUT2D eigenvalue weighted by Gasteiger charge is -2.22. The van der Waals surface area contributed by atoms with Gasteiger partial charge in [-0.1, -0.05) is 18.2 Å². The molecule has 27 heavy (non-hydrogen) atoms. The van der Waals surface area contributed by atoms with Crippen LogP contribution in [0.5, 0.6) is 0 Å². The second-order valence-corrected chi connectivity index (χ2v) is 7.10. The van der Waals surface area contributed by atoms with Crippen molar-refractivity contribution < 1.29 is 14.4 Å². The van der Waals surface area contributed by atoms with E-state index in [1.54, 1.807) is 48.7 Å². The predicted octanol–water partition coefficient (Wildman–Crippen LogP) is 1.37. The van der Waals surface area contributed by atoms with Gasteiger partial charge in [0.2, 0.25) is 0 Å². The van der Waals surface area contributed by atoms with Crippen LogP contribution in [0.3, 0.4) is 0 Å². The van der Waals surface area contributed by atoms with E-state index in [0.717, 1.165) is 4.90 Å². The number of thiophene rings is 1. The maximum absolute atomic E-state index is 13.0. The molecule has 1 aromatic carbocycles. The summed E-state index contributed by atoms with van der Waals surface area (Å²) >= 11 is 1.27. The van der Waals surface area contributed by atoms with E-state index in [1.807, 2.05) is 0 Å². The van der Waals surface area contributed by atoms with Gasteiger partial charge in [0.05, 0.1) is 17.1 Å². The summed E-state index contributed by atoms with van der Waals surface area (Å²) in [5.74, 6) is -0.758. The van der Waals surface area contributed by atoms with E-state index >= 15 is 0 Å². The fourth-order valence-electron chi connectivity index (χ4n) is 2.93. The smallest absolute Gasteiger partial charge is 0.319 e. The number of nitrogens with zero attached hydrogens (tertiary/aromatic N) is 5. The van der Waals surface area contributed by atoms with Gasteiger partial charge in [0.15, 0.2) is 5.78 Å². The van der Waals surface area contributed by atoms with Gasteiger partial charge >= 0.3 is 6.03 Å². The normalized spacial score (nSPS) is 19.4. The highest BCUT2D eigenvalue weighted by Gasteiger charge is 2.49. The molecule has 9 nitrogen and oxygen atoms in total. The zero-order chi connectivity index (χ0) is 19.0. The maximum Gasteiger partial charge on any atom is 0.325 e. The van der Waals surface area contributed by atoms with Crippen molar-refractivity contribution in [1.82, 2.24) is 30.4 Å². The van der Waals surface area contributed by atoms with E-state index in [2.05, 4.69) is 20.8 Å². The summed E-state index contributed by atoms with van der Waals surface area (Å²) < 4.78 is 1.45. The molecule has 1 unspecified atom stereocenters. The number of Topliss-reactive ketones (excluding diaryl/α,β-unsaturated/α-hetero) is 1. The molecule has 3 heterocycles. The second-order valence-electron chi connectivity index (χ2n) is 6.15. The minimum Gasteiger partial charge on any atom is -0.319 e. The quantitative estimate of drug-likeness (QED) is 0.527. The maximum atomic E-state index is 13.0. The monoisotopic (exact) mass is 382 g/mol. The van der Waals surface area contributed by atoms with E-state index in [-0.39, 0.29) is 12.3 Å². The van der Waals surface area contributed by atoms with Gasteiger partial charge in [-0.15, -0.1) is 16.4 Å². The van der Waals surface area contributed by atoms with Gasteiger partial charge in [-0.3, -0.25) is 14.5 Å². The Hall–Kier alpha value is -3.40. The Morgan fingerprint density at radius 3 is 2.81 bits per heavy atom. The summed E-state index contributed by atoms with van der Waals surface area (Å²) in [5.41, 5.74) is -0.0644. The number of amides is 3. The van der Waals surface area contributed by atoms with Crippen molar-refractivity contribution in [2.45, 2.75) is 12.5 Å². The summed E-state index contributed by atoms with van der Waals surface area (Å²) in [7, 11) is 0. The van der Waals surface area contributed by atoms with Crippen LogP contribution in [0.4, 0.5) is 4.79 Å². The Morgan fingerprint density at radius 2 is 2.11 bits per heavy atom. The minimum atomic E-state index is -1.28. The van der Waals surface area contributed by atoms with Gasteiger partial charge in [-0.05, 0) is 46.5 Å². The standard InChI is InChI=1S/C17H14N6O3S/c1-17(11-4-2-5-12(8-11)23-10-18-20-21-23)15(25)22(16(26)19-17)9-13(24)14-6-3-7-27-14/h2-8,10H,9H2,1H3,(H,19,26). The van der Waals surface area contributed by atoms with Crippen molar-refractivity contribution in [2.75, 3.05) is 6.54 Å². The summed E-state index contributed by atoms with van der Waals surface area (Å²) in [5, 5.41) is 15.5.